The van der Waals surface area contributed by atoms with Gasteiger partial charge in [-0.1, -0.05) is 0 Å². The van der Waals surface area contributed by atoms with E-state index in [1.54, 1.807) is 0 Å². The van der Waals surface area contributed by atoms with Gasteiger partial charge in [-0.2, -0.15) is 0 Å². The van der Waals surface area contributed by atoms with Crippen LogP contribution in [-0.4, -0.2) is 76.9 Å². The highest BCUT2D eigenvalue weighted by molar-refractivity contribution is 5.79. The smallest absolute Gasteiger partial charge is 0.367 e. The van der Waals surface area contributed by atoms with Crippen molar-refractivity contribution in [3.63, 3.8) is 0 Å². The second-order valence-corrected chi connectivity index (χ2v) is 6.19. The molecule has 1 amide bonds. The Morgan fingerprint density at radius 1 is 1.31 bits per heavy atom. The van der Waals surface area contributed by atoms with Gasteiger partial charge < -0.3 is 34.5 Å². The lowest BCUT2D eigenvalue weighted by atomic mass is 9.86. The van der Waals surface area contributed by atoms with Gasteiger partial charge in [0.2, 0.25) is 5.91 Å². The summed E-state index contributed by atoms with van der Waals surface area (Å²) in [4.78, 5) is 45.9. The maximum atomic E-state index is 12.1. The van der Waals surface area contributed by atoms with Gasteiger partial charge in [-0.25, -0.2) is 4.79 Å². The van der Waals surface area contributed by atoms with Crippen LogP contribution in [0.1, 0.15) is 27.2 Å². The molecule has 0 radical (unpaired) electrons. The summed E-state index contributed by atoms with van der Waals surface area (Å²) in [5.41, 5.74) is 0. The van der Waals surface area contributed by atoms with Crippen LogP contribution in [0.2, 0.25) is 0 Å². The molecule has 0 spiro atoms. The van der Waals surface area contributed by atoms with Crippen molar-refractivity contribution in [3.8, 4) is 0 Å². The lowest BCUT2D eigenvalue weighted by molar-refractivity contribution is -0.331. The number of aliphatic hydroxyl groups is 2. The number of rotatable bonds is 5. The van der Waals surface area contributed by atoms with E-state index in [1.807, 2.05) is 0 Å². The second-order valence-electron chi connectivity index (χ2n) is 6.19. The minimum atomic E-state index is -2.39. The highest BCUT2D eigenvalue weighted by Crippen LogP contribution is 2.38. The van der Waals surface area contributed by atoms with Crippen molar-refractivity contribution >= 4 is 23.8 Å². The Balaban J connectivity index is 2.31. The molecule has 2 aliphatic heterocycles. The molecule has 11 nitrogen and oxygen atoms in total. The number of hydrogen-bond acceptors (Lipinski definition) is 10. The predicted molar refractivity (Wildman–Crippen MR) is 80.1 cm³/mol. The van der Waals surface area contributed by atoms with E-state index in [9.17, 15) is 29.4 Å². The summed E-state index contributed by atoms with van der Waals surface area (Å²) in [5.74, 6) is -5.43. The number of esters is 3. The van der Waals surface area contributed by atoms with E-state index in [0.29, 0.717) is 0 Å². The maximum absolute atomic E-state index is 12.1. The SMILES string of the molecule is CC(=O)N[C@H]1[C@H]2O[C@@](O)(C[C@@H]1OC(C)=O)C(=O)O[C@@H]2[C@H](O)COC(C)=O. The second kappa shape index (κ2) is 7.56. The quantitative estimate of drug-likeness (QED) is 0.354. The highest BCUT2D eigenvalue weighted by atomic mass is 16.7. The summed E-state index contributed by atoms with van der Waals surface area (Å²) in [6.45, 7) is 2.97. The van der Waals surface area contributed by atoms with E-state index >= 15 is 0 Å². The predicted octanol–water partition coefficient (Wildman–Crippen LogP) is -2.25. The molecule has 26 heavy (non-hydrogen) atoms. The fraction of sp³-hybridized carbons (Fsp3) is 0.733. The molecule has 2 bridgehead atoms. The van der Waals surface area contributed by atoms with E-state index in [1.165, 1.54) is 6.92 Å². The topological polar surface area (TPSA) is 158 Å². The van der Waals surface area contributed by atoms with Crippen molar-refractivity contribution in [1.82, 2.24) is 5.32 Å². The fourth-order valence-electron chi connectivity index (χ4n) is 2.98. The van der Waals surface area contributed by atoms with Crippen molar-refractivity contribution < 1.29 is 48.3 Å². The molecule has 0 saturated carbocycles. The average molecular weight is 375 g/mol. The molecule has 2 fully saturated rings. The summed E-state index contributed by atoms with van der Waals surface area (Å²) in [5, 5.41) is 23.1. The molecule has 2 saturated heterocycles. The Morgan fingerprint density at radius 3 is 2.50 bits per heavy atom. The van der Waals surface area contributed by atoms with Gasteiger partial charge in [0, 0.05) is 20.8 Å². The number of amides is 1. The molecule has 0 aliphatic carbocycles. The molecule has 3 N–H and O–H groups in total. The zero-order valence-electron chi connectivity index (χ0n) is 14.5. The van der Waals surface area contributed by atoms with Gasteiger partial charge in [0.15, 0.2) is 6.10 Å². The van der Waals surface area contributed by atoms with Crippen LogP contribution >= 0.6 is 0 Å². The minimum absolute atomic E-state index is 0.459. The van der Waals surface area contributed by atoms with Crippen molar-refractivity contribution in [3.05, 3.63) is 0 Å². The number of hydrogen-bond donors (Lipinski definition) is 3. The molecule has 0 unspecified atom stereocenters. The monoisotopic (exact) mass is 375 g/mol. The molecule has 2 aliphatic rings. The number of carbonyl (C=O) groups is 4. The van der Waals surface area contributed by atoms with Gasteiger partial charge in [-0.05, 0) is 0 Å². The molecular weight excluding hydrogens is 354 g/mol. The number of ether oxygens (including phenoxy) is 4. The lowest BCUT2D eigenvalue weighted by Gasteiger charge is -2.50. The molecule has 2 heterocycles. The normalized spacial score (nSPS) is 34.3. The van der Waals surface area contributed by atoms with Crippen LogP contribution in [0.5, 0.6) is 0 Å². The molecule has 11 heteroatoms. The Kier molecular flexibility index (Phi) is 5.84. The third-order valence-electron chi connectivity index (χ3n) is 3.97. The summed E-state index contributed by atoms with van der Waals surface area (Å²) in [6.07, 6.45) is -5.68. The molecule has 6 atom stereocenters. The van der Waals surface area contributed by atoms with Crippen LogP contribution in [0.3, 0.4) is 0 Å². The van der Waals surface area contributed by atoms with Crippen molar-refractivity contribution in [1.29, 1.82) is 0 Å². The molecule has 0 aromatic rings. The van der Waals surface area contributed by atoms with Gasteiger partial charge in [-0.3, -0.25) is 14.4 Å². The maximum Gasteiger partial charge on any atom is 0.367 e. The number of carbonyl (C=O) groups excluding carboxylic acids is 4. The average Bonchev–Trinajstić information content (AvgIpc) is 2.50. The standard InChI is InChI=1S/C15H21NO10/c1-6(17)16-11-10(24-8(3)19)4-15(22)14(21)25-12(13(11)26-15)9(20)5-23-7(2)18/h9-13,20,22H,4-5H2,1-3H3,(H,16,17)/t9-,10+,11-,12-,13-,15+/m1/s1. The first-order valence-corrected chi connectivity index (χ1v) is 7.90. The number of cyclic esters (lactones) is 1. The lowest BCUT2D eigenvalue weighted by Crippen LogP contribution is -2.72. The minimum Gasteiger partial charge on any atom is -0.463 e. The van der Waals surface area contributed by atoms with E-state index in [-0.39, 0.29) is 0 Å². The molecule has 0 aromatic heterocycles. The van der Waals surface area contributed by atoms with Crippen LogP contribution in [-0.2, 0) is 38.1 Å². The Labute approximate surface area is 148 Å². The van der Waals surface area contributed by atoms with E-state index < -0.39 is 73.1 Å². The fourth-order valence-corrected chi connectivity index (χ4v) is 2.98. The van der Waals surface area contributed by atoms with Crippen molar-refractivity contribution in [2.75, 3.05) is 6.61 Å². The van der Waals surface area contributed by atoms with Gasteiger partial charge in [0.1, 0.15) is 24.9 Å². The number of fused-ring (bicyclic) bond motifs is 2. The Morgan fingerprint density at radius 2 is 1.96 bits per heavy atom. The Hall–Kier alpha value is -2.24. The summed E-state index contributed by atoms with van der Waals surface area (Å²) in [6, 6.07) is -1.01. The van der Waals surface area contributed by atoms with Gasteiger partial charge >= 0.3 is 17.9 Å². The van der Waals surface area contributed by atoms with Crippen LogP contribution in [0.4, 0.5) is 0 Å². The van der Waals surface area contributed by atoms with Crippen molar-refractivity contribution in [2.45, 2.75) is 63.4 Å². The van der Waals surface area contributed by atoms with Crippen LogP contribution in [0.15, 0.2) is 0 Å². The third-order valence-corrected chi connectivity index (χ3v) is 3.97. The molecule has 146 valence electrons. The number of nitrogens with one attached hydrogen (secondary N) is 1. The van der Waals surface area contributed by atoms with Crippen molar-refractivity contribution in [2.24, 2.45) is 0 Å². The Bertz CT molecular complexity index is 607. The zero-order chi connectivity index (χ0) is 19.6. The number of aliphatic hydroxyl groups excluding tert-OH is 1. The van der Waals surface area contributed by atoms with E-state index in [2.05, 4.69) is 5.32 Å². The molecule has 0 aromatic carbocycles. The van der Waals surface area contributed by atoms with Gasteiger partial charge in [-0.15, -0.1) is 0 Å². The highest BCUT2D eigenvalue weighted by Gasteiger charge is 2.61. The van der Waals surface area contributed by atoms with Crippen LogP contribution in [0, 0.1) is 0 Å². The zero-order valence-corrected chi connectivity index (χ0v) is 14.5. The third kappa shape index (κ3) is 4.29. The van der Waals surface area contributed by atoms with E-state index in [4.69, 9.17) is 18.9 Å². The largest absolute Gasteiger partial charge is 0.463 e. The first kappa shape index (κ1) is 20.1. The molecular formula is C15H21NO10. The van der Waals surface area contributed by atoms with Crippen LogP contribution in [0.25, 0.3) is 0 Å². The molecule has 2 rings (SSSR count). The van der Waals surface area contributed by atoms with Gasteiger partial charge in [0.25, 0.3) is 5.79 Å². The first-order chi connectivity index (χ1) is 12.0. The van der Waals surface area contributed by atoms with Crippen LogP contribution < -0.4 is 5.32 Å². The summed E-state index contributed by atoms with van der Waals surface area (Å²) < 4.78 is 20.2. The van der Waals surface area contributed by atoms with Gasteiger partial charge in [0.05, 0.1) is 12.5 Å². The van der Waals surface area contributed by atoms with E-state index in [0.717, 1.165) is 13.8 Å². The first-order valence-electron chi connectivity index (χ1n) is 7.90. The summed E-state index contributed by atoms with van der Waals surface area (Å²) in [7, 11) is 0. The summed E-state index contributed by atoms with van der Waals surface area (Å²) >= 11 is 0.